The summed E-state index contributed by atoms with van der Waals surface area (Å²) in [6.07, 6.45) is 3.51. The van der Waals surface area contributed by atoms with Crippen molar-refractivity contribution in [3.63, 3.8) is 0 Å². The fourth-order valence-corrected chi connectivity index (χ4v) is 6.09. The number of anilines is 1. The maximum Gasteiger partial charge on any atom is 0.271 e. The molecule has 36 heavy (non-hydrogen) atoms. The quantitative estimate of drug-likeness (QED) is 0.430. The van der Waals surface area contributed by atoms with Crippen molar-refractivity contribution < 1.29 is 14.3 Å². The molecule has 1 fully saturated rings. The number of amides is 2. The van der Waals surface area contributed by atoms with Crippen LogP contribution in [0.5, 0.6) is 5.75 Å². The number of halogens is 1. The maximum atomic E-state index is 12.8. The van der Waals surface area contributed by atoms with Crippen molar-refractivity contribution in [2.24, 2.45) is 0 Å². The second-order valence-corrected chi connectivity index (χ2v) is 11.0. The van der Waals surface area contributed by atoms with Crippen molar-refractivity contribution in [1.82, 2.24) is 25.2 Å². The van der Waals surface area contributed by atoms with Crippen LogP contribution in [0.25, 0.3) is 11.0 Å². The van der Waals surface area contributed by atoms with Gasteiger partial charge in [0.2, 0.25) is 5.91 Å². The van der Waals surface area contributed by atoms with Crippen LogP contribution in [0, 0.1) is 0 Å². The summed E-state index contributed by atoms with van der Waals surface area (Å²) in [5, 5.41) is 6.94. The molecular weight excluding hydrogens is 520 g/mol. The standard InChI is InChI=1S/C24H25ClN6O3S2/c1-34-15-2-3-17-18(10-15)28-21(12-26-17)35-9-8-31-6-4-14(5-7-31)27-24(33)22-16(25)11-19-23(30-22)29-20(32)13-36-19/h2-3,10-12,14H,4-9,13H2,1H3,(H,27,33)(H,29,30,32). The van der Waals surface area contributed by atoms with E-state index in [0.29, 0.717) is 16.6 Å². The maximum absolute atomic E-state index is 12.8. The molecule has 2 aliphatic rings. The van der Waals surface area contributed by atoms with E-state index in [1.165, 1.54) is 11.8 Å². The zero-order valence-electron chi connectivity index (χ0n) is 19.6. The molecule has 9 nitrogen and oxygen atoms in total. The Balaban J connectivity index is 1.09. The molecule has 1 aromatic carbocycles. The molecule has 0 saturated carbocycles. The van der Waals surface area contributed by atoms with E-state index >= 15 is 0 Å². The summed E-state index contributed by atoms with van der Waals surface area (Å²) in [5.74, 6) is 1.94. The Morgan fingerprint density at radius 2 is 2.11 bits per heavy atom. The van der Waals surface area contributed by atoms with Crippen LogP contribution in [0.2, 0.25) is 5.02 Å². The van der Waals surface area contributed by atoms with Crippen LogP contribution in [-0.2, 0) is 4.79 Å². The number of rotatable bonds is 7. The van der Waals surface area contributed by atoms with E-state index in [1.807, 2.05) is 24.4 Å². The van der Waals surface area contributed by atoms with E-state index in [9.17, 15) is 9.59 Å². The number of nitrogens with one attached hydrogen (secondary N) is 2. The Hall–Kier alpha value is -2.60. The molecule has 2 aliphatic heterocycles. The Morgan fingerprint density at radius 3 is 2.92 bits per heavy atom. The van der Waals surface area contributed by atoms with Gasteiger partial charge in [0, 0.05) is 37.5 Å². The lowest BCUT2D eigenvalue weighted by Crippen LogP contribution is -2.45. The van der Waals surface area contributed by atoms with Crippen LogP contribution < -0.4 is 15.4 Å². The molecule has 188 valence electrons. The first-order valence-electron chi connectivity index (χ1n) is 11.6. The highest BCUT2D eigenvalue weighted by molar-refractivity contribution is 8.00. The van der Waals surface area contributed by atoms with Crippen LogP contribution in [0.15, 0.2) is 40.4 Å². The van der Waals surface area contributed by atoms with Gasteiger partial charge in [0.1, 0.15) is 22.3 Å². The van der Waals surface area contributed by atoms with Crippen molar-refractivity contribution in [2.75, 3.05) is 43.6 Å². The highest BCUT2D eigenvalue weighted by atomic mass is 35.5. The van der Waals surface area contributed by atoms with Crippen molar-refractivity contribution in [3.8, 4) is 5.75 Å². The fraction of sp³-hybridized carbons (Fsp3) is 0.375. The Kier molecular flexibility index (Phi) is 7.80. The van der Waals surface area contributed by atoms with Crippen LogP contribution in [0.4, 0.5) is 5.82 Å². The number of pyridine rings is 1. The third kappa shape index (κ3) is 5.86. The number of benzene rings is 1. The van der Waals surface area contributed by atoms with Gasteiger partial charge in [-0.05, 0) is 31.0 Å². The van der Waals surface area contributed by atoms with Crippen LogP contribution >= 0.6 is 35.1 Å². The summed E-state index contributed by atoms with van der Waals surface area (Å²) in [5.41, 5.74) is 1.82. The number of carbonyl (C=O) groups excluding carboxylic acids is 2. The summed E-state index contributed by atoms with van der Waals surface area (Å²) in [7, 11) is 1.64. The van der Waals surface area contributed by atoms with Crippen LogP contribution in [-0.4, -0.2) is 76.0 Å². The first-order chi connectivity index (χ1) is 17.5. The summed E-state index contributed by atoms with van der Waals surface area (Å²) in [4.78, 5) is 41.1. The lowest BCUT2D eigenvalue weighted by atomic mass is 10.0. The highest BCUT2D eigenvalue weighted by Gasteiger charge is 2.25. The molecule has 12 heteroatoms. The zero-order chi connectivity index (χ0) is 25.1. The third-order valence-corrected chi connectivity index (χ3v) is 8.28. The van der Waals surface area contributed by atoms with E-state index in [2.05, 4.69) is 25.5 Å². The van der Waals surface area contributed by atoms with Crippen LogP contribution in [0.3, 0.4) is 0 Å². The Labute approximate surface area is 222 Å². The predicted octanol–water partition coefficient (Wildman–Crippen LogP) is 3.72. The minimum Gasteiger partial charge on any atom is -0.497 e. The van der Waals surface area contributed by atoms with E-state index in [-0.39, 0.29) is 23.6 Å². The lowest BCUT2D eigenvalue weighted by molar-refractivity contribution is -0.113. The number of hydrogen-bond acceptors (Lipinski definition) is 9. The summed E-state index contributed by atoms with van der Waals surface area (Å²) >= 11 is 9.36. The molecule has 0 radical (unpaired) electrons. The largest absolute Gasteiger partial charge is 0.497 e. The third-order valence-electron chi connectivity index (χ3n) is 6.08. The fourth-order valence-electron chi connectivity index (χ4n) is 4.15. The molecule has 3 aromatic rings. The summed E-state index contributed by atoms with van der Waals surface area (Å²) in [6, 6.07) is 7.44. The van der Waals surface area contributed by atoms with Gasteiger partial charge in [-0.3, -0.25) is 14.6 Å². The number of methoxy groups -OCH3 is 1. The second-order valence-electron chi connectivity index (χ2n) is 8.50. The number of fused-ring (bicyclic) bond motifs is 2. The molecule has 1 saturated heterocycles. The Morgan fingerprint density at radius 1 is 1.28 bits per heavy atom. The van der Waals surface area contributed by atoms with Crippen molar-refractivity contribution in [2.45, 2.75) is 28.8 Å². The molecule has 2 N–H and O–H groups in total. The van der Waals surface area contributed by atoms with Gasteiger partial charge in [-0.25, -0.2) is 9.97 Å². The second kappa shape index (κ2) is 11.2. The monoisotopic (exact) mass is 544 g/mol. The first-order valence-corrected chi connectivity index (χ1v) is 13.9. The summed E-state index contributed by atoms with van der Waals surface area (Å²) in [6.45, 7) is 2.72. The predicted molar refractivity (Wildman–Crippen MR) is 142 cm³/mol. The van der Waals surface area contributed by atoms with Gasteiger partial charge in [-0.2, -0.15) is 0 Å². The lowest BCUT2D eigenvalue weighted by Gasteiger charge is -2.32. The van der Waals surface area contributed by atoms with E-state index < -0.39 is 0 Å². The number of likely N-dealkylation sites (tertiary alicyclic amines) is 1. The molecule has 4 heterocycles. The van der Waals surface area contributed by atoms with Gasteiger partial charge in [-0.15, -0.1) is 23.5 Å². The molecule has 0 bridgehead atoms. The smallest absolute Gasteiger partial charge is 0.271 e. The van der Waals surface area contributed by atoms with Gasteiger partial charge < -0.3 is 20.3 Å². The van der Waals surface area contributed by atoms with Crippen molar-refractivity contribution in [1.29, 1.82) is 0 Å². The number of nitrogens with zero attached hydrogens (tertiary/aromatic N) is 4. The van der Waals surface area contributed by atoms with Gasteiger partial charge in [-0.1, -0.05) is 11.6 Å². The highest BCUT2D eigenvalue weighted by Crippen LogP contribution is 2.33. The Bertz CT molecular complexity index is 1300. The normalized spacial score (nSPS) is 16.4. The topological polar surface area (TPSA) is 109 Å². The minimum absolute atomic E-state index is 0.0561. The zero-order valence-corrected chi connectivity index (χ0v) is 22.0. The molecule has 2 aromatic heterocycles. The van der Waals surface area contributed by atoms with Gasteiger partial charge >= 0.3 is 0 Å². The number of hydrogen-bond donors (Lipinski definition) is 2. The van der Waals surface area contributed by atoms with Crippen LogP contribution in [0.1, 0.15) is 23.3 Å². The molecule has 2 amide bonds. The molecule has 5 rings (SSSR count). The molecule has 0 spiro atoms. The number of carbonyl (C=O) groups is 2. The van der Waals surface area contributed by atoms with E-state index in [4.69, 9.17) is 21.3 Å². The van der Waals surface area contributed by atoms with Crippen molar-refractivity contribution in [3.05, 3.63) is 41.2 Å². The van der Waals surface area contributed by atoms with Crippen molar-refractivity contribution >= 4 is 63.8 Å². The SMILES string of the molecule is COc1ccc2ncc(SCCN3CCC(NC(=O)c4nc5c(cc4Cl)SCC(=O)N5)CC3)nc2c1. The minimum atomic E-state index is -0.312. The summed E-state index contributed by atoms with van der Waals surface area (Å²) < 4.78 is 5.28. The average molecular weight is 545 g/mol. The number of aromatic nitrogens is 3. The molecule has 0 aliphatic carbocycles. The number of thioether (sulfide) groups is 2. The number of ether oxygens (including phenoxy) is 1. The molecule has 0 atom stereocenters. The van der Waals surface area contributed by atoms with E-state index in [1.54, 1.807) is 24.9 Å². The first kappa shape index (κ1) is 25.1. The molecule has 0 unspecified atom stereocenters. The average Bonchev–Trinajstić information content (AvgIpc) is 2.89. The van der Waals surface area contributed by atoms with Gasteiger partial charge in [0.05, 0.1) is 40.0 Å². The van der Waals surface area contributed by atoms with Gasteiger partial charge in [0.15, 0.2) is 0 Å². The van der Waals surface area contributed by atoms with Gasteiger partial charge in [0.25, 0.3) is 5.91 Å². The molecular formula is C24H25ClN6O3S2. The van der Waals surface area contributed by atoms with E-state index in [0.717, 1.165) is 64.9 Å². The number of piperidine rings is 1.